The minimum Gasteiger partial charge on any atom is -0.481 e. The third-order valence-corrected chi connectivity index (χ3v) is 5.22. The number of carboxylic acid groups (broad SMARTS) is 1. The number of amides is 1. The molecule has 0 bridgehead atoms. The van der Waals surface area contributed by atoms with Crippen molar-refractivity contribution in [3.8, 4) is 0 Å². The molecule has 114 valence electrons. The van der Waals surface area contributed by atoms with Crippen LogP contribution < -0.4 is 0 Å². The predicted molar refractivity (Wildman–Crippen MR) is 78.9 cm³/mol. The molecule has 1 amide bonds. The molecule has 8 heteroatoms. The Kier molecular flexibility index (Phi) is 4.38. The molecule has 21 heavy (non-hydrogen) atoms. The number of rotatable bonds is 3. The normalized spacial score (nSPS) is 18.8. The van der Waals surface area contributed by atoms with Crippen LogP contribution in [0.5, 0.6) is 0 Å². The second-order valence-electron chi connectivity index (χ2n) is 4.99. The Bertz CT molecular complexity index is 701. The van der Waals surface area contributed by atoms with Crippen molar-refractivity contribution in [2.24, 2.45) is 5.92 Å². The first-order valence-corrected chi connectivity index (χ1v) is 8.90. The first-order chi connectivity index (χ1) is 9.70. The summed E-state index contributed by atoms with van der Waals surface area (Å²) in [7, 11) is -3.41. The van der Waals surface area contributed by atoms with Crippen LogP contribution in [-0.2, 0) is 14.6 Å². The van der Waals surface area contributed by atoms with E-state index in [9.17, 15) is 18.0 Å². The number of nitrogens with zero attached hydrogens (tertiary/aromatic N) is 1. The molecule has 1 atom stereocenters. The number of carbonyl (C=O) groups excluding carboxylic acids is 1. The molecule has 0 saturated carbocycles. The number of likely N-dealkylation sites (tertiary alicyclic amines) is 1. The molecular weight excluding hydrogens is 362 g/mol. The molecule has 0 spiro atoms. The van der Waals surface area contributed by atoms with Gasteiger partial charge in [0, 0.05) is 23.8 Å². The zero-order valence-electron chi connectivity index (χ0n) is 11.2. The summed E-state index contributed by atoms with van der Waals surface area (Å²) in [6, 6.07) is 4.24. The Hall–Kier alpha value is -1.41. The van der Waals surface area contributed by atoms with Gasteiger partial charge in [-0.2, -0.15) is 0 Å². The topological polar surface area (TPSA) is 91.8 Å². The highest BCUT2D eigenvalue weighted by Gasteiger charge is 2.32. The fourth-order valence-corrected chi connectivity index (χ4v) is 3.28. The Balaban J connectivity index is 2.30. The van der Waals surface area contributed by atoms with E-state index >= 15 is 0 Å². The minimum absolute atomic E-state index is 0.0584. The van der Waals surface area contributed by atoms with E-state index < -0.39 is 21.7 Å². The van der Waals surface area contributed by atoms with Crippen molar-refractivity contribution in [3.63, 3.8) is 0 Å². The van der Waals surface area contributed by atoms with Gasteiger partial charge in [-0.3, -0.25) is 9.59 Å². The summed E-state index contributed by atoms with van der Waals surface area (Å²) in [5.74, 6) is -1.85. The lowest BCUT2D eigenvalue weighted by Crippen LogP contribution is -2.30. The third-order valence-electron chi connectivity index (χ3n) is 3.42. The van der Waals surface area contributed by atoms with Crippen molar-refractivity contribution < 1.29 is 23.1 Å². The quantitative estimate of drug-likeness (QED) is 0.861. The molecule has 0 radical (unpaired) electrons. The average molecular weight is 376 g/mol. The molecule has 1 aliphatic heterocycles. The molecule has 1 N–H and O–H groups in total. The molecule has 0 aliphatic carbocycles. The summed E-state index contributed by atoms with van der Waals surface area (Å²) in [6.45, 7) is 0.495. The van der Waals surface area contributed by atoms with Gasteiger partial charge in [-0.1, -0.05) is 0 Å². The van der Waals surface area contributed by atoms with E-state index in [1.165, 1.54) is 23.1 Å². The van der Waals surface area contributed by atoms with Crippen LogP contribution in [0.3, 0.4) is 0 Å². The molecule has 1 unspecified atom stereocenters. The maximum atomic E-state index is 12.4. The zero-order valence-corrected chi connectivity index (χ0v) is 13.6. The molecule has 1 aliphatic rings. The van der Waals surface area contributed by atoms with Crippen LogP contribution >= 0.6 is 15.9 Å². The molecule has 1 heterocycles. The zero-order chi connectivity index (χ0) is 15.8. The molecule has 1 aromatic rings. The molecule has 1 aromatic carbocycles. The molecule has 6 nitrogen and oxygen atoms in total. The SMILES string of the molecule is CS(=O)(=O)c1ccc(Br)c(C(=O)N2CCC(C(=O)O)C2)c1. The number of carboxylic acids is 1. The van der Waals surface area contributed by atoms with Gasteiger partial charge in [-0.05, 0) is 40.5 Å². The van der Waals surface area contributed by atoms with Gasteiger partial charge in [-0.15, -0.1) is 0 Å². The molecular formula is C13H14BrNO5S. The second-order valence-corrected chi connectivity index (χ2v) is 7.86. The smallest absolute Gasteiger partial charge is 0.308 e. The van der Waals surface area contributed by atoms with E-state index in [4.69, 9.17) is 5.11 Å². The maximum absolute atomic E-state index is 12.4. The number of halogens is 1. The monoisotopic (exact) mass is 375 g/mol. The van der Waals surface area contributed by atoms with Gasteiger partial charge in [0.2, 0.25) is 0 Å². The first kappa shape index (κ1) is 16.0. The number of aliphatic carboxylic acids is 1. The maximum Gasteiger partial charge on any atom is 0.308 e. The Morgan fingerprint density at radius 1 is 1.38 bits per heavy atom. The predicted octanol–water partition coefficient (Wildman–Crippen LogP) is 1.40. The molecule has 1 saturated heterocycles. The van der Waals surface area contributed by atoms with E-state index in [0.717, 1.165) is 6.26 Å². The molecule has 2 rings (SSSR count). The van der Waals surface area contributed by atoms with Crippen LogP contribution in [0, 0.1) is 5.92 Å². The van der Waals surface area contributed by atoms with E-state index in [1.54, 1.807) is 0 Å². The molecule has 0 aromatic heterocycles. The lowest BCUT2D eigenvalue weighted by molar-refractivity contribution is -0.141. The van der Waals surface area contributed by atoms with Gasteiger partial charge in [0.25, 0.3) is 5.91 Å². The number of carbonyl (C=O) groups is 2. The first-order valence-electron chi connectivity index (χ1n) is 6.22. The minimum atomic E-state index is -3.41. The van der Waals surface area contributed by atoms with E-state index in [0.29, 0.717) is 17.4 Å². The highest BCUT2D eigenvalue weighted by molar-refractivity contribution is 9.10. The van der Waals surface area contributed by atoms with E-state index in [-0.39, 0.29) is 22.9 Å². The van der Waals surface area contributed by atoms with E-state index in [1.807, 2.05) is 0 Å². The van der Waals surface area contributed by atoms with Crippen LogP contribution in [0.1, 0.15) is 16.8 Å². The Morgan fingerprint density at radius 3 is 2.57 bits per heavy atom. The summed E-state index contributed by atoms with van der Waals surface area (Å²) in [5.41, 5.74) is 0.226. The van der Waals surface area contributed by atoms with E-state index in [2.05, 4.69) is 15.9 Å². The number of sulfone groups is 1. The highest BCUT2D eigenvalue weighted by atomic mass is 79.9. The fraction of sp³-hybridized carbons (Fsp3) is 0.385. The summed E-state index contributed by atoms with van der Waals surface area (Å²) in [6.07, 6.45) is 1.48. The van der Waals surface area contributed by atoms with Gasteiger partial charge in [0.15, 0.2) is 9.84 Å². The van der Waals surface area contributed by atoms with Crippen LogP contribution in [0.2, 0.25) is 0 Å². The van der Waals surface area contributed by atoms with Crippen molar-refractivity contribution in [1.29, 1.82) is 0 Å². The van der Waals surface area contributed by atoms with Gasteiger partial charge in [0.1, 0.15) is 0 Å². The van der Waals surface area contributed by atoms with Crippen molar-refractivity contribution in [2.45, 2.75) is 11.3 Å². The number of benzene rings is 1. The largest absolute Gasteiger partial charge is 0.481 e. The van der Waals surface area contributed by atoms with Crippen molar-refractivity contribution >= 4 is 37.6 Å². The second kappa shape index (κ2) is 5.76. The fourth-order valence-electron chi connectivity index (χ4n) is 2.22. The number of hydrogen-bond donors (Lipinski definition) is 1. The third kappa shape index (κ3) is 3.44. The number of hydrogen-bond acceptors (Lipinski definition) is 4. The summed E-state index contributed by atoms with van der Waals surface area (Å²) < 4.78 is 23.6. The van der Waals surface area contributed by atoms with Crippen molar-refractivity contribution in [1.82, 2.24) is 4.90 Å². The Morgan fingerprint density at radius 2 is 2.05 bits per heavy atom. The standard InChI is InChI=1S/C13H14BrNO5S/c1-21(19,20)9-2-3-11(14)10(6-9)12(16)15-5-4-8(7-15)13(17)18/h2-3,6,8H,4-5,7H2,1H3,(H,17,18). The van der Waals surface area contributed by atoms with Crippen LogP contribution in [0.15, 0.2) is 27.6 Å². The average Bonchev–Trinajstić information content (AvgIpc) is 2.86. The summed E-state index contributed by atoms with van der Waals surface area (Å²) in [5, 5.41) is 8.96. The lowest BCUT2D eigenvalue weighted by Gasteiger charge is -2.17. The summed E-state index contributed by atoms with van der Waals surface area (Å²) in [4.78, 5) is 24.8. The molecule has 1 fully saturated rings. The van der Waals surface area contributed by atoms with Gasteiger partial charge in [-0.25, -0.2) is 8.42 Å². The van der Waals surface area contributed by atoms with Gasteiger partial charge < -0.3 is 10.0 Å². The van der Waals surface area contributed by atoms with Crippen molar-refractivity contribution in [2.75, 3.05) is 19.3 Å². The van der Waals surface area contributed by atoms with Gasteiger partial charge >= 0.3 is 5.97 Å². The van der Waals surface area contributed by atoms with Crippen LogP contribution in [-0.4, -0.2) is 49.6 Å². The van der Waals surface area contributed by atoms with Crippen molar-refractivity contribution in [3.05, 3.63) is 28.2 Å². The van der Waals surface area contributed by atoms with Gasteiger partial charge in [0.05, 0.1) is 16.4 Å². The van der Waals surface area contributed by atoms with Crippen LogP contribution in [0.4, 0.5) is 0 Å². The van der Waals surface area contributed by atoms with Crippen LogP contribution in [0.25, 0.3) is 0 Å². The Labute approximate surface area is 130 Å². The highest BCUT2D eigenvalue weighted by Crippen LogP contribution is 2.25. The summed E-state index contributed by atoms with van der Waals surface area (Å²) >= 11 is 3.23. The lowest BCUT2D eigenvalue weighted by atomic mass is 10.1.